The van der Waals surface area contributed by atoms with E-state index < -0.39 is 21.9 Å². The van der Waals surface area contributed by atoms with E-state index in [-0.39, 0.29) is 26.1 Å². The molecule has 7 nitrogen and oxygen atoms in total. The summed E-state index contributed by atoms with van der Waals surface area (Å²) in [4.78, 5) is 22.2. The van der Waals surface area contributed by atoms with E-state index in [1.165, 1.54) is 7.05 Å². The van der Waals surface area contributed by atoms with Gasteiger partial charge in [0.2, 0.25) is 15.9 Å². The van der Waals surface area contributed by atoms with Crippen molar-refractivity contribution in [3.8, 4) is 0 Å². The van der Waals surface area contributed by atoms with Gasteiger partial charge >= 0.3 is 5.97 Å². The Hall–Kier alpha value is -0.970. The Bertz CT molecular complexity index is 654. The predicted octanol–water partition coefficient (Wildman–Crippen LogP) is 1.35. The van der Waals surface area contributed by atoms with E-state index in [2.05, 4.69) is 21.2 Å². The third kappa shape index (κ3) is 4.50. The van der Waals surface area contributed by atoms with Gasteiger partial charge in [-0.15, -0.1) is 11.3 Å². The van der Waals surface area contributed by atoms with Crippen molar-refractivity contribution in [1.82, 2.24) is 9.62 Å². The van der Waals surface area contributed by atoms with Crippen LogP contribution in [0.2, 0.25) is 0 Å². The van der Waals surface area contributed by atoms with Crippen molar-refractivity contribution in [3.63, 3.8) is 0 Å². The maximum atomic E-state index is 12.3. The van der Waals surface area contributed by atoms with Crippen molar-refractivity contribution in [2.45, 2.75) is 24.8 Å². The average molecular weight is 399 g/mol. The highest BCUT2D eigenvalue weighted by atomic mass is 79.9. The number of amides is 1. The van der Waals surface area contributed by atoms with Crippen molar-refractivity contribution in [2.24, 2.45) is 0 Å². The van der Waals surface area contributed by atoms with Gasteiger partial charge < -0.3 is 10.4 Å². The fourth-order valence-electron chi connectivity index (χ4n) is 1.46. The molecule has 0 aromatic carbocycles. The third-order valence-electron chi connectivity index (χ3n) is 2.37. The molecule has 0 aliphatic rings. The van der Waals surface area contributed by atoms with Crippen molar-refractivity contribution < 1.29 is 23.1 Å². The minimum absolute atomic E-state index is 0.0968. The van der Waals surface area contributed by atoms with Crippen LogP contribution in [0, 0.1) is 0 Å². The first-order valence-corrected chi connectivity index (χ1v) is 8.89. The zero-order valence-electron chi connectivity index (χ0n) is 11.6. The Morgan fingerprint density at radius 1 is 1.48 bits per heavy atom. The lowest BCUT2D eigenvalue weighted by molar-refractivity contribution is -0.121. The predicted molar refractivity (Wildman–Crippen MR) is 82.1 cm³/mol. The number of aromatic carboxylic acids is 1. The molecule has 0 saturated carbocycles. The van der Waals surface area contributed by atoms with Gasteiger partial charge in [-0.25, -0.2) is 13.2 Å². The van der Waals surface area contributed by atoms with Gasteiger partial charge in [-0.05, 0) is 35.8 Å². The smallest absolute Gasteiger partial charge is 0.345 e. The van der Waals surface area contributed by atoms with Crippen LogP contribution in [0.3, 0.4) is 0 Å². The van der Waals surface area contributed by atoms with Gasteiger partial charge in [0.05, 0.1) is 10.3 Å². The zero-order valence-corrected chi connectivity index (χ0v) is 14.8. The summed E-state index contributed by atoms with van der Waals surface area (Å²) in [5.41, 5.74) is 0. The molecule has 0 unspecified atom stereocenters. The largest absolute Gasteiger partial charge is 0.477 e. The number of carbonyl (C=O) groups excluding carboxylic acids is 1. The monoisotopic (exact) mass is 398 g/mol. The van der Waals surface area contributed by atoms with E-state index in [9.17, 15) is 18.0 Å². The molecule has 1 amide bonds. The number of rotatable bonds is 6. The summed E-state index contributed by atoms with van der Waals surface area (Å²) in [5.74, 6) is -1.64. The van der Waals surface area contributed by atoms with Crippen molar-refractivity contribution in [2.75, 3.05) is 13.6 Å². The standard InChI is InChI=1S/C11H15BrN2O5S2/c1-6(2)13-9(15)5-14(3)21(18,19)8-4-7(11(16)17)20-10(8)12/h4,6H,5H2,1-3H3,(H,13,15)(H,16,17). The lowest BCUT2D eigenvalue weighted by Crippen LogP contribution is -2.40. The summed E-state index contributed by atoms with van der Waals surface area (Å²) in [6, 6.07) is 0.976. The maximum absolute atomic E-state index is 12.3. The Kier molecular flexibility index (Phi) is 5.91. The molecular weight excluding hydrogens is 384 g/mol. The molecule has 0 fully saturated rings. The van der Waals surface area contributed by atoms with Gasteiger partial charge in [-0.1, -0.05) is 0 Å². The number of sulfonamides is 1. The number of likely N-dealkylation sites (N-methyl/N-ethyl adjacent to an activating group) is 1. The molecule has 2 N–H and O–H groups in total. The van der Waals surface area contributed by atoms with Gasteiger partial charge in [0, 0.05) is 13.1 Å². The van der Waals surface area contributed by atoms with E-state index in [1.807, 2.05) is 0 Å². The summed E-state index contributed by atoms with van der Waals surface area (Å²) >= 11 is 3.85. The number of hydrogen-bond donors (Lipinski definition) is 2. The Morgan fingerprint density at radius 2 is 2.05 bits per heavy atom. The molecule has 1 aromatic heterocycles. The van der Waals surface area contributed by atoms with Crippen LogP contribution < -0.4 is 5.32 Å². The summed E-state index contributed by atoms with van der Waals surface area (Å²) in [7, 11) is -2.68. The first-order valence-electron chi connectivity index (χ1n) is 5.84. The number of nitrogens with one attached hydrogen (secondary N) is 1. The van der Waals surface area contributed by atoms with Crippen molar-refractivity contribution in [1.29, 1.82) is 0 Å². The van der Waals surface area contributed by atoms with E-state index in [1.54, 1.807) is 13.8 Å². The lowest BCUT2D eigenvalue weighted by atomic mass is 10.4. The second-order valence-corrected chi connectivity index (χ2v) is 8.92. The number of nitrogens with zero attached hydrogens (tertiary/aromatic N) is 1. The van der Waals surface area contributed by atoms with Crippen LogP contribution in [0.25, 0.3) is 0 Å². The van der Waals surface area contributed by atoms with Crippen molar-refractivity contribution in [3.05, 3.63) is 14.7 Å². The molecule has 0 aliphatic carbocycles. The lowest BCUT2D eigenvalue weighted by Gasteiger charge is -2.17. The molecule has 0 bridgehead atoms. The van der Waals surface area contributed by atoms with Crippen LogP contribution in [-0.2, 0) is 14.8 Å². The van der Waals surface area contributed by atoms with Crippen LogP contribution in [-0.4, -0.2) is 49.3 Å². The summed E-state index contributed by atoms with van der Waals surface area (Å²) < 4.78 is 25.7. The van der Waals surface area contributed by atoms with Gasteiger partial charge in [0.15, 0.2) is 0 Å². The number of carboxylic acid groups (broad SMARTS) is 1. The molecule has 10 heteroatoms. The third-order valence-corrected chi connectivity index (χ3v) is 6.41. The van der Waals surface area contributed by atoms with Crippen LogP contribution in [0.4, 0.5) is 0 Å². The number of carbonyl (C=O) groups is 2. The molecule has 1 aromatic rings. The highest BCUT2D eigenvalue weighted by Gasteiger charge is 2.28. The van der Waals surface area contributed by atoms with Gasteiger partial charge in [-0.3, -0.25) is 4.79 Å². The minimum Gasteiger partial charge on any atom is -0.477 e. The Labute approximate surface area is 135 Å². The molecule has 1 rings (SSSR count). The highest BCUT2D eigenvalue weighted by molar-refractivity contribution is 9.11. The molecule has 118 valence electrons. The number of hydrogen-bond acceptors (Lipinski definition) is 5. The van der Waals surface area contributed by atoms with E-state index in [0.717, 1.165) is 21.7 Å². The SMILES string of the molecule is CC(C)NC(=O)CN(C)S(=O)(=O)c1cc(C(=O)O)sc1Br. The maximum Gasteiger partial charge on any atom is 0.345 e. The van der Waals surface area contributed by atoms with Gasteiger partial charge in [0.1, 0.15) is 9.77 Å². The molecule has 1 heterocycles. The van der Waals surface area contributed by atoms with Gasteiger partial charge in [-0.2, -0.15) is 4.31 Å². The number of carboxylic acids is 1. The van der Waals surface area contributed by atoms with E-state index >= 15 is 0 Å². The van der Waals surface area contributed by atoms with Crippen LogP contribution in [0.5, 0.6) is 0 Å². The second kappa shape index (κ2) is 6.86. The Morgan fingerprint density at radius 3 is 2.48 bits per heavy atom. The topological polar surface area (TPSA) is 104 Å². The molecule has 0 saturated heterocycles. The zero-order chi connectivity index (χ0) is 16.4. The van der Waals surface area contributed by atoms with Crippen LogP contribution in [0.1, 0.15) is 23.5 Å². The molecule has 0 aliphatic heterocycles. The minimum atomic E-state index is -3.94. The summed E-state index contributed by atoms with van der Waals surface area (Å²) in [6.07, 6.45) is 0. The Balaban J connectivity index is 3.00. The quantitative estimate of drug-likeness (QED) is 0.752. The highest BCUT2D eigenvalue weighted by Crippen LogP contribution is 2.33. The van der Waals surface area contributed by atoms with Gasteiger partial charge in [0.25, 0.3) is 0 Å². The normalized spacial score (nSPS) is 11.9. The molecule has 0 atom stereocenters. The fourth-order valence-corrected chi connectivity index (χ4v) is 4.93. The number of halogens is 1. The summed E-state index contributed by atoms with van der Waals surface area (Å²) in [5, 5.41) is 11.5. The molecular formula is C11H15BrN2O5S2. The number of thiophene rings is 1. The second-order valence-electron chi connectivity index (χ2n) is 4.54. The van der Waals surface area contributed by atoms with Crippen LogP contribution >= 0.6 is 27.3 Å². The first-order chi connectivity index (χ1) is 9.55. The summed E-state index contributed by atoms with van der Waals surface area (Å²) in [6.45, 7) is 3.19. The molecule has 0 radical (unpaired) electrons. The van der Waals surface area contributed by atoms with E-state index in [4.69, 9.17) is 5.11 Å². The van der Waals surface area contributed by atoms with Crippen molar-refractivity contribution >= 4 is 49.2 Å². The van der Waals surface area contributed by atoms with Crippen LogP contribution in [0.15, 0.2) is 14.7 Å². The molecule has 0 spiro atoms. The molecule has 21 heavy (non-hydrogen) atoms. The first kappa shape index (κ1) is 18.1. The fraction of sp³-hybridized carbons (Fsp3) is 0.455. The average Bonchev–Trinajstić information content (AvgIpc) is 2.70. The van der Waals surface area contributed by atoms with E-state index in [0.29, 0.717) is 0 Å².